The Balaban J connectivity index is 1.74. The van der Waals surface area contributed by atoms with Gasteiger partial charge in [-0.1, -0.05) is 23.7 Å². The Kier molecular flexibility index (Phi) is 6.97. The van der Waals surface area contributed by atoms with Gasteiger partial charge in [0.15, 0.2) is 0 Å². The molecule has 2 heterocycles. The van der Waals surface area contributed by atoms with E-state index in [1.807, 2.05) is 0 Å². The minimum absolute atomic E-state index is 0.0604. The number of aliphatic hydroxyl groups is 1. The van der Waals surface area contributed by atoms with Gasteiger partial charge >= 0.3 is 0 Å². The van der Waals surface area contributed by atoms with Gasteiger partial charge in [-0.3, -0.25) is 14.5 Å². The zero-order chi connectivity index (χ0) is 23.5. The molecule has 1 atom stereocenters. The smallest absolute Gasteiger partial charge is 0.295 e. The molecule has 174 valence electrons. The molecule has 9 heteroatoms. The molecule has 1 amide bonds. The molecule has 1 unspecified atom stereocenters. The lowest BCUT2D eigenvalue weighted by Crippen LogP contribution is -2.42. The summed E-state index contributed by atoms with van der Waals surface area (Å²) in [5.74, 6) is -1.88. The Hall–Kier alpha value is -2.94. The Morgan fingerprint density at radius 2 is 1.85 bits per heavy atom. The van der Waals surface area contributed by atoms with Crippen molar-refractivity contribution in [2.24, 2.45) is 0 Å². The zero-order valence-electron chi connectivity index (χ0n) is 18.1. The number of methoxy groups -OCH3 is 1. The van der Waals surface area contributed by atoms with Crippen molar-refractivity contribution in [1.82, 2.24) is 9.80 Å². The predicted octanol–water partition coefficient (Wildman–Crippen LogP) is 3.24. The summed E-state index contributed by atoms with van der Waals surface area (Å²) in [6, 6.07) is 9.31. The van der Waals surface area contributed by atoms with E-state index in [1.54, 1.807) is 12.1 Å². The van der Waals surface area contributed by atoms with E-state index in [0.717, 1.165) is 13.1 Å². The van der Waals surface area contributed by atoms with E-state index >= 15 is 0 Å². The monoisotopic (exact) mass is 474 g/mol. The third kappa shape index (κ3) is 4.73. The van der Waals surface area contributed by atoms with Crippen LogP contribution in [0.2, 0.25) is 5.02 Å². The summed E-state index contributed by atoms with van der Waals surface area (Å²) in [5.41, 5.74) is 0.743. The normalized spacial score (nSPS) is 20.9. The fourth-order valence-electron chi connectivity index (χ4n) is 4.15. The third-order valence-corrected chi connectivity index (χ3v) is 6.21. The maximum atomic E-state index is 13.6. The van der Waals surface area contributed by atoms with E-state index in [9.17, 15) is 19.1 Å². The molecule has 7 nitrogen and oxygen atoms in total. The van der Waals surface area contributed by atoms with E-state index in [2.05, 4.69) is 4.90 Å². The maximum Gasteiger partial charge on any atom is 0.295 e. The van der Waals surface area contributed by atoms with Crippen molar-refractivity contribution in [3.05, 3.63) is 70.0 Å². The van der Waals surface area contributed by atoms with Gasteiger partial charge in [0.05, 0.1) is 37.0 Å². The van der Waals surface area contributed by atoms with Crippen LogP contribution in [-0.4, -0.2) is 73.1 Å². The second kappa shape index (κ2) is 9.91. The lowest BCUT2D eigenvalue weighted by atomic mass is 9.95. The number of rotatable bonds is 6. The lowest BCUT2D eigenvalue weighted by Gasteiger charge is -2.31. The molecule has 0 radical (unpaired) electrons. The van der Waals surface area contributed by atoms with E-state index in [0.29, 0.717) is 31.1 Å². The fraction of sp³-hybridized carbons (Fsp3) is 0.333. The Morgan fingerprint density at radius 3 is 2.48 bits per heavy atom. The van der Waals surface area contributed by atoms with Gasteiger partial charge in [-0.15, -0.1) is 0 Å². The highest BCUT2D eigenvalue weighted by atomic mass is 35.5. The number of hydrogen-bond donors (Lipinski definition) is 1. The van der Waals surface area contributed by atoms with E-state index < -0.39 is 23.5 Å². The summed E-state index contributed by atoms with van der Waals surface area (Å²) in [5, 5.41) is 11.3. The molecule has 0 saturated carbocycles. The molecule has 4 rings (SSSR count). The average molecular weight is 475 g/mol. The molecule has 2 aliphatic rings. The van der Waals surface area contributed by atoms with Crippen molar-refractivity contribution in [2.75, 3.05) is 46.5 Å². The van der Waals surface area contributed by atoms with Gasteiger partial charge in [-0.25, -0.2) is 4.39 Å². The van der Waals surface area contributed by atoms with Gasteiger partial charge in [0.2, 0.25) is 0 Å². The largest absolute Gasteiger partial charge is 0.507 e. The van der Waals surface area contributed by atoms with Crippen molar-refractivity contribution in [1.29, 1.82) is 0 Å². The highest BCUT2D eigenvalue weighted by molar-refractivity contribution is 6.46. The number of halogens is 2. The SMILES string of the molecule is COc1ccc(/C(O)=C2/C(=O)C(=O)N(CCN3CCOCC3)C2c2ccc(F)cc2)cc1Cl. The molecule has 2 fully saturated rings. The van der Waals surface area contributed by atoms with Gasteiger partial charge in [-0.05, 0) is 35.9 Å². The van der Waals surface area contributed by atoms with Crippen LogP contribution >= 0.6 is 11.6 Å². The minimum atomic E-state index is -0.854. The molecule has 2 aliphatic heterocycles. The summed E-state index contributed by atoms with van der Waals surface area (Å²) in [6.07, 6.45) is 0. The molecule has 33 heavy (non-hydrogen) atoms. The van der Waals surface area contributed by atoms with Gasteiger partial charge < -0.3 is 19.5 Å². The molecular formula is C24H24ClFN2O5. The molecular weight excluding hydrogens is 451 g/mol. The van der Waals surface area contributed by atoms with E-state index in [4.69, 9.17) is 21.1 Å². The lowest BCUT2D eigenvalue weighted by molar-refractivity contribution is -0.140. The number of carbonyl (C=O) groups is 2. The van der Waals surface area contributed by atoms with Crippen molar-refractivity contribution in [3.8, 4) is 5.75 Å². The number of carbonyl (C=O) groups excluding carboxylic acids is 2. The first-order valence-electron chi connectivity index (χ1n) is 10.6. The van der Waals surface area contributed by atoms with Crippen LogP contribution < -0.4 is 4.74 Å². The molecule has 0 aliphatic carbocycles. The number of ketones is 1. The molecule has 2 saturated heterocycles. The van der Waals surface area contributed by atoms with Crippen molar-refractivity contribution >= 4 is 29.1 Å². The van der Waals surface area contributed by atoms with Crippen molar-refractivity contribution in [2.45, 2.75) is 6.04 Å². The molecule has 2 aromatic rings. The number of Topliss-reactive ketones (excluding diaryl/α,β-unsaturated/α-hetero) is 1. The molecule has 0 aromatic heterocycles. The number of benzene rings is 2. The van der Waals surface area contributed by atoms with Crippen LogP contribution in [0.5, 0.6) is 5.75 Å². The van der Waals surface area contributed by atoms with Crippen LogP contribution in [0.15, 0.2) is 48.0 Å². The second-order valence-corrected chi connectivity index (χ2v) is 8.25. The standard InChI is InChI=1S/C24H24ClFN2O5/c1-32-19-7-4-16(14-18(19)25)22(29)20-21(15-2-5-17(26)6-3-15)28(24(31)23(20)30)9-8-27-10-12-33-13-11-27/h2-7,14,21,29H,8-13H2,1H3/b22-20-. The summed E-state index contributed by atoms with van der Waals surface area (Å²) in [6.45, 7) is 3.50. The van der Waals surface area contributed by atoms with Crippen LogP contribution in [0.3, 0.4) is 0 Å². The summed E-state index contributed by atoms with van der Waals surface area (Å²) in [7, 11) is 1.47. The Bertz CT molecular complexity index is 1080. The number of morpholine rings is 1. The quantitative estimate of drug-likeness (QED) is 0.393. The molecule has 2 aromatic carbocycles. The minimum Gasteiger partial charge on any atom is -0.507 e. The number of amides is 1. The first-order chi connectivity index (χ1) is 15.9. The van der Waals surface area contributed by atoms with Crippen LogP contribution in [0, 0.1) is 5.82 Å². The van der Waals surface area contributed by atoms with Gasteiger partial charge in [-0.2, -0.15) is 0 Å². The molecule has 0 spiro atoms. The third-order valence-electron chi connectivity index (χ3n) is 5.91. The number of ether oxygens (including phenoxy) is 2. The fourth-order valence-corrected chi connectivity index (χ4v) is 4.40. The second-order valence-electron chi connectivity index (χ2n) is 7.85. The zero-order valence-corrected chi connectivity index (χ0v) is 18.8. The Labute approximate surface area is 195 Å². The maximum absolute atomic E-state index is 13.6. The number of hydrogen-bond acceptors (Lipinski definition) is 6. The topological polar surface area (TPSA) is 79.3 Å². The highest BCUT2D eigenvalue weighted by Crippen LogP contribution is 2.40. The van der Waals surface area contributed by atoms with E-state index in [1.165, 1.54) is 42.3 Å². The first kappa shape index (κ1) is 23.2. The molecule has 1 N–H and O–H groups in total. The van der Waals surface area contributed by atoms with Crippen LogP contribution in [0.1, 0.15) is 17.2 Å². The van der Waals surface area contributed by atoms with Gasteiger partial charge in [0.25, 0.3) is 11.7 Å². The predicted molar refractivity (Wildman–Crippen MR) is 121 cm³/mol. The Morgan fingerprint density at radius 1 is 1.15 bits per heavy atom. The van der Waals surface area contributed by atoms with Gasteiger partial charge in [0.1, 0.15) is 17.3 Å². The number of likely N-dealkylation sites (tertiary alicyclic amines) is 1. The van der Waals surface area contributed by atoms with Crippen LogP contribution in [0.4, 0.5) is 4.39 Å². The molecule has 0 bridgehead atoms. The van der Waals surface area contributed by atoms with Gasteiger partial charge in [0, 0.05) is 31.7 Å². The van der Waals surface area contributed by atoms with E-state index in [-0.39, 0.29) is 28.5 Å². The summed E-state index contributed by atoms with van der Waals surface area (Å²) >= 11 is 6.20. The number of aliphatic hydroxyl groups excluding tert-OH is 1. The van der Waals surface area contributed by atoms with Crippen LogP contribution in [0.25, 0.3) is 5.76 Å². The summed E-state index contributed by atoms with van der Waals surface area (Å²) in [4.78, 5) is 29.7. The summed E-state index contributed by atoms with van der Waals surface area (Å²) < 4.78 is 24.1. The number of nitrogens with zero attached hydrogens (tertiary/aromatic N) is 2. The van der Waals surface area contributed by atoms with Crippen molar-refractivity contribution < 1.29 is 28.6 Å². The van der Waals surface area contributed by atoms with Crippen molar-refractivity contribution in [3.63, 3.8) is 0 Å². The first-order valence-corrected chi connectivity index (χ1v) is 11.0. The highest BCUT2D eigenvalue weighted by Gasteiger charge is 2.46. The van der Waals surface area contributed by atoms with Crippen LogP contribution in [-0.2, 0) is 14.3 Å². The average Bonchev–Trinajstić information content (AvgIpc) is 3.08.